The molecule has 0 spiro atoms. The van der Waals surface area contributed by atoms with Crippen LogP contribution in [0.2, 0.25) is 5.15 Å². The van der Waals surface area contributed by atoms with E-state index in [4.69, 9.17) is 21.1 Å². The number of benzene rings is 1. The van der Waals surface area contributed by atoms with Crippen molar-refractivity contribution in [3.63, 3.8) is 0 Å². The second kappa shape index (κ2) is 11.0. The fourth-order valence-electron chi connectivity index (χ4n) is 2.27. The molecule has 2 aromatic rings. The Kier molecular flexibility index (Phi) is 8.42. The predicted octanol–water partition coefficient (Wildman–Crippen LogP) is 2.44. The van der Waals surface area contributed by atoms with Crippen LogP contribution < -0.4 is 15.4 Å². The molecule has 1 heterocycles. The zero-order valence-corrected chi connectivity index (χ0v) is 16.8. The summed E-state index contributed by atoms with van der Waals surface area (Å²) in [5.74, 6) is -1.48. The minimum atomic E-state index is -0.920. The van der Waals surface area contributed by atoms with E-state index in [9.17, 15) is 14.4 Å². The van der Waals surface area contributed by atoms with Crippen molar-refractivity contribution in [3.8, 4) is 5.75 Å². The van der Waals surface area contributed by atoms with Crippen LogP contribution in [0.4, 0.5) is 5.69 Å². The van der Waals surface area contributed by atoms with Gasteiger partial charge in [0.05, 0.1) is 5.69 Å². The fraction of sp³-hybridized carbons (Fsp3) is 0.300. The summed E-state index contributed by atoms with van der Waals surface area (Å²) in [6.45, 7) is 2.73. The van der Waals surface area contributed by atoms with Crippen LogP contribution in [0.3, 0.4) is 0 Å². The van der Waals surface area contributed by atoms with Crippen LogP contribution in [-0.2, 0) is 19.1 Å². The first kappa shape index (κ1) is 22.2. The van der Waals surface area contributed by atoms with Crippen LogP contribution in [0.15, 0.2) is 48.7 Å². The van der Waals surface area contributed by atoms with Gasteiger partial charge < -0.3 is 20.1 Å². The number of aromatic nitrogens is 1. The molecule has 0 unspecified atom stereocenters. The first-order valence-corrected chi connectivity index (χ1v) is 9.29. The number of amides is 2. The molecular weight excluding hydrogens is 398 g/mol. The van der Waals surface area contributed by atoms with Gasteiger partial charge in [-0.25, -0.2) is 9.78 Å². The van der Waals surface area contributed by atoms with E-state index in [1.54, 1.807) is 50.2 Å². The summed E-state index contributed by atoms with van der Waals surface area (Å²) in [6, 6.07) is 11.1. The Bertz CT molecular complexity index is 845. The molecule has 0 radical (unpaired) electrons. The summed E-state index contributed by atoms with van der Waals surface area (Å²) in [7, 11) is 0. The van der Waals surface area contributed by atoms with E-state index >= 15 is 0 Å². The van der Waals surface area contributed by atoms with E-state index in [0.717, 1.165) is 0 Å². The normalized spacial score (nSPS) is 11.4. The van der Waals surface area contributed by atoms with E-state index in [-0.39, 0.29) is 17.7 Å². The summed E-state index contributed by atoms with van der Waals surface area (Å²) < 4.78 is 10.4. The quantitative estimate of drug-likeness (QED) is 0.477. The Labute approximate surface area is 173 Å². The Morgan fingerprint density at radius 3 is 2.41 bits per heavy atom. The van der Waals surface area contributed by atoms with Gasteiger partial charge in [0.15, 0.2) is 18.4 Å². The Morgan fingerprint density at radius 1 is 1.03 bits per heavy atom. The van der Waals surface area contributed by atoms with Gasteiger partial charge in [0.1, 0.15) is 11.8 Å². The van der Waals surface area contributed by atoms with Gasteiger partial charge >= 0.3 is 5.97 Å². The topological polar surface area (TPSA) is 107 Å². The molecular formula is C20H22ClN3O5. The molecule has 0 fully saturated rings. The molecule has 1 aromatic heterocycles. The monoisotopic (exact) mass is 419 g/mol. The maximum atomic E-state index is 12.3. The predicted molar refractivity (Wildman–Crippen MR) is 108 cm³/mol. The van der Waals surface area contributed by atoms with Crippen LogP contribution in [-0.4, -0.2) is 42.0 Å². The molecule has 0 saturated heterocycles. The number of nitrogens with one attached hydrogen (secondary N) is 2. The smallest absolute Gasteiger partial charge is 0.329 e. The summed E-state index contributed by atoms with van der Waals surface area (Å²) in [6.07, 6.45) is 1.48. The molecule has 1 atom stereocenters. The van der Waals surface area contributed by atoms with Crippen LogP contribution in [0.5, 0.6) is 5.75 Å². The van der Waals surface area contributed by atoms with Gasteiger partial charge in [0.2, 0.25) is 0 Å². The van der Waals surface area contributed by atoms with Crippen molar-refractivity contribution < 1.29 is 23.9 Å². The fourth-order valence-corrected chi connectivity index (χ4v) is 2.44. The highest BCUT2D eigenvalue weighted by Gasteiger charge is 2.26. The summed E-state index contributed by atoms with van der Waals surface area (Å²) in [5, 5.41) is 5.19. The van der Waals surface area contributed by atoms with E-state index < -0.39 is 30.4 Å². The van der Waals surface area contributed by atoms with Crippen LogP contribution in [0.1, 0.15) is 13.8 Å². The van der Waals surface area contributed by atoms with Gasteiger partial charge in [0, 0.05) is 6.20 Å². The summed E-state index contributed by atoms with van der Waals surface area (Å²) >= 11 is 5.86. The van der Waals surface area contributed by atoms with Crippen LogP contribution in [0.25, 0.3) is 0 Å². The number of nitrogens with zero attached hydrogens (tertiary/aromatic N) is 1. The molecule has 154 valence electrons. The number of pyridine rings is 1. The number of ether oxygens (including phenoxy) is 2. The standard InChI is InChI=1S/C20H22ClN3O5/c1-13(2)18(24-17(26)11-28-14-7-4-3-5-8-14)20(27)29-12-16(25)23-15-9-6-10-22-19(15)21/h3-10,13,18H,11-12H2,1-2H3,(H,23,25)(H,24,26)/t18-/m0/s1. The average molecular weight is 420 g/mol. The van der Waals surface area contributed by atoms with Crippen molar-refractivity contribution in [2.75, 3.05) is 18.5 Å². The number of carbonyl (C=O) groups is 3. The molecule has 0 aliphatic heterocycles. The van der Waals surface area contributed by atoms with Crippen molar-refractivity contribution in [1.29, 1.82) is 0 Å². The van der Waals surface area contributed by atoms with Gasteiger partial charge in [0.25, 0.3) is 11.8 Å². The molecule has 29 heavy (non-hydrogen) atoms. The SMILES string of the molecule is CC(C)[C@H](NC(=O)COc1ccccc1)C(=O)OCC(=O)Nc1cccnc1Cl. The van der Waals surface area contributed by atoms with Gasteiger partial charge in [-0.2, -0.15) is 0 Å². The Hall–Kier alpha value is -3.13. The first-order chi connectivity index (χ1) is 13.9. The zero-order valence-electron chi connectivity index (χ0n) is 16.1. The summed E-state index contributed by atoms with van der Waals surface area (Å²) in [4.78, 5) is 40.2. The Morgan fingerprint density at radius 2 is 1.76 bits per heavy atom. The second-order valence-corrected chi connectivity index (χ2v) is 6.75. The maximum absolute atomic E-state index is 12.3. The number of para-hydroxylation sites is 1. The molecule has 0 bridgehead atoms. The van der Waals surface area contributed by atoms with Crippen molar-refractivity contribution in [2.24, 2.45) is 5.92 Å². The number of hydrogen-bond donors (Lipinski definition) is 2. The molecule has 2 N–H and O–H groups in total. The summed E-state index contributed by atoms with van der Waals surface area (Å²) in [5.41, 5.74) is 0.307. The van der Waals surface area contributed by atoms with Gasteiger partial charge in [-0.15, -0.1) is 0 Å². The third-order valence-corrected chi connectivity index (χ3v) is 4.03. The van der Waals surface area contributed by atoms with Crippen molar-refractivity contribution in [2.45, 2.75) is 19.9 Å². The van der Waals surface area contributed by atoms with Gasteiger partial charge in [-0.1, -0.05) is 43.6 Å². The molecule has 0 aliphatic carbocycles. The Balaban J connectivity index is 1.82. The maximum Gasteiger partial charge on any atom is 0.329 e. The van der Waals surface area contributed by atoms with Crippen LogP contribution in [0, 0.1) is 5.92 Å². The highest BCUT2D eigenvalue weighted by atomic mass is 35.5. The lowest BCUT2D eigenvalue weighted by Crippen LogP contribution is -2.47. The second-order valence-electron chi connectivity index (χ2n) is 6.39. The van der Waals surface area contributed by atoms with E-state index in [1.807, 2.05) is 6.07 Å². The number of rotatable bonds is 9. The highest BCUT2D eigenvalue weighted by molar-refractivity contribution is 6.32. The van der Waals surface area contributed by atoms with E-state index in [1.165, 1.54) is 6.20 Å². The van der Waals surface area contributed by atoms with E-state index in [2.05, 4.69) is 15.6 Å². The molecule has 0 saturated carbocycles. The molecule has 9 heteroatoms. The molecule has 2 rings (SSSR count). The van der Waals surface area contributed by atoms with Crippen molar-refractivity contribution >= 4 is 35.1 Å². The first-order valence-electron chi connectivity index (χ1n) is 8.91. The van der Waals surface area contributed by atoms with E-state index in [0.29, 0.717) is 11.4 Å². The largest absolute Gasteiger partial charge is 0.484 e. The zero-order chi connectivity index (χ0) is 21.2. The lowest BCUT2D eigenvalue weighted by molar-refractivity contribution is -0.152. The molecule has 8 nitrogen and oxygen atoms in total. The lowest BCUT2D eigenvalue weighted by atomic mass is 10.0. The average Bonchev–Trinajstić information content (AvgIpc) is 2.71. The third-order valence-electron chi connectivity index (χ3n) is 3.73. The number of esters is 1. The number of halogens is 1. The minimum Gasteiger partial charge on any atom is -0.484 e. The van der Waals surface area contributed by atoms with Gasteiger partial charge in [-0.05, 0) is 30.2 Å². The third kappa shape index (κ3) is 7.42. The molecule has 0 aliphatic rings. The lowest BCUT2D eigenvalue weighted by Gasteiger charge is -2.20. The minimum absolute atomic E-state index is 0.123. The van der Waals surface area contributed by atoms with Gasteiger partial charge in [-0.3, -0.25) is 9.59 Å². The van der Waals surface area contributed by atoms with Crippen molar-refractivity contribution in [3.05, 3.63) is 53.8 Å². The van der Waals surface area contributed by atoms with Crippen LogP contribution >= 0.6 is 11.6 Å². The molecule has 2 amide bonds. The number of anilines is 1. The number of hydrogen-bond acceptors (Lipinski definition) is 6. The highest BCUT2D eigenvalue weighted by Crippen LogP contribution is 2.17. The van der Waals surface area contributed by atoms with Crippen molar-refractivity contribution in [1.82, 2.24) is 10.3 Å². The molecule has 1 aromatic carbocycles. The number of carbonyl (C=O) groups excluding carboxylic acids is 3.